The Kier molecular flexibility index (Phi) is 4.48. The van der Waals surface area contributed by atoms with Crippen molar-refractivity contribution in [3.05, 3.63) is 11.6 Å². The van der Waals surface area contributed by atoms with Crippen LogP contribution >= 0.6 is 0 Å². The van der Waals surface area contributed by atoms with Gasteiger partial charge in [0.25, 0.3) is 0 Å². The molecule has 1 saturated carbocycles. The van der Waals surface area contributed by atoms with E-state index in [-0.39, 0.29) is 6.10 Å². The summed E-state index contributed by atoms with van der Waals surface area (Å²) in [5.41, 5.74) is 1.97. The molecule has 2 aliphatic rings. The van der Waals surface area contributed by atoms with Crippen molar-refractivity contribution in [2.45, 2.75) is 45.6 Å². The first kappa shape index (κ1) is 13.6. The average Bonchev–Trinajstić information content (AvgIpc) is 3.19. The molecule has 0 N–H and O–H groups in total. The van der Waals surface area contributed by atoms with Gasteiger partial charge in [-0.1, -0.05) is 30.4 Å². The van der Waals surface area contributed by atoms with Crippen LogP contribution in [0.4, 0.5) is 0 Å². The van der Waals surface area contributed by atoms with Crippen LogP contribution in [0.15, 0.2) is 11.6 Å². The summed E-state index contributed by atoms with van der Waals surface area (Å²) in [6, 6.07) is 0. The molecule has 0 aromatic heterocycles. The third kappa shape index (κ3) is 2.96. The van der Waals surface area contributed by atoms with Gasteiger partial charge in [-0.05, 0) is 31.1 Å². The Balaban J connectivity index is 1.85. The maximum absolute atomic E-state index is 5.87. The number of allylic oxidation sites excluding steroid dienone is 2. The molecule has 1 unspecified atom stereocenters. The second-order valence-electron chi connectivity index (χ2n) is 5.62. The van der Waals surface area contributed by atoms with Crippen molar-refractivity contribution in [3.8, 4) is 11.8 Å². The number of methoxy groups -OCH3 is 1. The molecular weight excluding hydrogens is 224 g/mol. The molecule has 0 heterocycles. The Hall–Kier alpha value is -0.780. The largest absolute Gasteiger partial charge is 0.382 e. The van der Waals surface area contributed by atoms with Crippen molar-refractivity contribution in [2.75, 3.05) is 20.3 Å². The summed E-state index contributed by atoms with van der Waals surface area (Å²) < 4.78 is 11.0. The van der Waals surface area contributed by atoms with Gasteiger partial charge in [0.05, 0.1) is 19.3 Å². The predicted octanol–water partition coefficient (Wildman–Crippen LogP) is 3.18. The van der Waals surface area contributed by atoms with Gasteiger partial charge >= 0.3 is 0 Å². The Bertz CT molecular complexity index is 368. The zero-order chi connectivity index (χ0) is 13.0. The second-order valence-corrected chi connectivity index (χ2v) is 5.62. The lowest BCUT2D eigenvalue weighted by molar-refractivity contribution is -0.0125. The zero-order valence-corrected chi connectivity index (χ0v) is 11.8. The van der Waals surface area contributed by atoms with Crippen LogP contribution in [0.2, 0.25) is 0 Å². The third-order valence-corrected chi connectivity index (χ3v) is 4.26. The van der Waals surface area contributed by atoms with E-state index in [0.29, 0.717) is 17.9 Å². The molecule has 18 heavy (non-hydrogen) atoms. The first-order valence-corrected chi connectivity index (χ1v) is 6.95. The van der Waals surface area contributed by atoms with Crippen LogP contribution in [0.25, 0.3) is 0 Å². The highest BCUT2D eigenvalue weighted by molar-refractivity contribution is 5.32. The Labute approximate surface area is 111 Å². The van der Waals surface area contributed by atoms with E-state index in [1.165, 1.54) is 12.8 Å². The van der Waals surface area contributed by atoms with Crippen LogP contribution in [0.3, 0.4) is 0 Å². The zero-order valence-electron chi connectivity index (χ0n) is 11.8. The molecule has 2 nitrogen and oxygen atoms in total. The lowest BCUT2D eigenvalue weighted by atomic mass is 9.81. The van der Waals surface area contributed by atoms with E-state index in [9.17, 15) is 0 Å². The first-order chi connectivity index (χ1) is 8.69. The van der Waals surface area contributed by atoms with Crippen LogP contribution in [0.1, 0.15) is 39.5 Å². The average molecular weight is 248 g/mol. The van der Waals surface area contributed by atoms with Crippen molar-refractivity contribution < 1.29 is 9.47 Å². The number of ether oxygens (including phenoxy) is 2. The van der Waals surface area contributed by atoms with Crippen molar-refractivity contribution >= 4 is 0 Å². The van der Waals surface area contributed by atoms with Gasteiger partial charge in [-0.2, -0.15) is 0 Å². The maximum Gasteiger partial charge on any atom is 0.0780 e. The first-order valence-electron chi connectivity index (χ1n) is 6.95. The van der Waals surface area contributed by atoms with E-state index in [1.807, 2.05) is 0 Å². The van der Waals surface area contributed by atoms with Gasteiger partial charge in [0.1, 0.15) is 0 Å². The Morgan fingerprint density at radius 1 is 1.28 bits per heavy atom. The molecule has 2 aliphatic carbocycles. The number of rotatable bonds is 7. The topological polar surface area (TPSA) is 18.5 Å². The fourth-order valence-electron chi connectivity index (χ4n) is 2.87. The summed E-state index contributed by atoms with van der Waals surface area (Å²) in [5.74, 6) is 6.97. The molecule has 0 saturated heterocycles. The highest BCUT2D eigenvalue weighted by atomic mass is 16.5. The molecule has 1 fully saturated rings. The van der Waals surface area contributed by atoms with Crippen LogP contribution in [-0.2, 0) is 9.47 Å². The van der Waals surface area contributed by atoms with Gasteiger partial charge in [-0.15, -0.1) is 0 Å². The second kappa shape index (κ2) is 5.91. The highest BCUT2D eigenvalue weighted by Gasteiger charge is 2.49. The highest BCUT2D eigenvalue weighted by Crippen LogP contribution is 2.58. The predicted molar refractivity (Wildman–Crippen MR) is 73.2 cm³/mol. The lowest BCUT2D eigenvalue weighted by Crippen LogP contribution is -2.25. The van der Waals surface area contributed by atoms with Crippen molar-refractivity contribution in [2.24, 2.45) is 11.3 Å². The minimum Gasteiger partial charge on any atom is -0.382 e. The van der Waals surface area contributed by atoms with Crippen LogP contribution in [0.5, 0.6) is 0 Å². The third-order valence-electron chi connectivity index (χ3n) is 4.26. The monoisotopic (exact) mass is 248 g/mol. The Morgan fingerprint density at radius 2 is 2.06 bits per heavy atom. The summed E-state index contributed by atoms with van der Waals surface area (Å²) in [6.45, 7) is 5.89. The van der Waals surface area contributed by atoms with Crippen LogP contribution < -0.4 is 0 Å². The van der Waals surface area contributed by atoms with Crippen molar-refractivity contribution in [1.82, 2.24) is 0 Å². The molecule has 2 heteroatoms. The SMILES string of the molecule is COC[C@@H](C)OCC(C)C1(C2=CCC#CC2)CC1. The normalized spacial score (nSPS) is 23.6. The summed E-state index contributed by atoms with van der Waals surface area (Å²) in [4.78, 5) is 0. The molecule has 0 aliphatic heterocycles. The number of hydrogen-bond donors (Lipinski definition) is 0. The minimum absolute atomic E-state index is 0.188. The van der Waals surface area contributed by atoms with Gasteiger partial charge in [-0.25, -0.2) is 0 Å². The van der Waals surface area contributed by atoms with Gasteiger partial charge in [0.2, 0.25) is 0 Å². The van der Waals surface area contributed by atoms with Gasteiger partial charge in [0, 0.05) is 20.0 Å². The summed E-state index contributed by atoms with van der Waals surface area (Å²) >= 11 is 0. The molecule has 100 valence electrons. The van der Waals surface area contributed by atoms with Gasteiger partial charge < -0.3 is 9.47 Å². The van der Waals surface area contributed by atoms with E-state index in [4.69, 9.17) is 9.47 Å². The fraction of sp³-hybridized carbons (Fsp3) is 0.750. The molecule has 0 radical (unpaired) electrons. The minimum atomic E-state index is 0.188. The van der Waals surface area contributed by atoms with E-state index < -0.39 is 0 Å². The van der Waals surface area contributed by atoms with Crippen molar-refractivity contribution in [1.29, 1.82) is 0 Å². The van der Waals surface area contributed by atoms with E-state index in [2.05, 4.69) is 31.8 Å². The molecule has 0 spiro atoms. The van der Waals surface area contributed by atoms with E-state index in [1.54, 1.807) is 12.7 Å². The summed E-state index contributed by atoms with van der Waals surface area (Å²) in [7, 11) is 1.72. The summed E-state index contributed by atoms with van der Waals surface area (Å²) in [6.07, 6.45) is 7.06. The van der Waals surface area contributed by atoms with E-state index >= 15 is 0 Å². The smallest absolute Gasteiger partial charge is 0.0780 e. The van der Waals surface area contributed by atoms with Crippen molar-refractivity contribution in [3.63, 3.8) is 0 Å². The molecule has 0 amide bonds. The standard InChI is InChI=1S/C16H24O2/c1-13(11-18-14(2)12-17-3)16(9-10-16)15-7-5-4-6-8-15/h7,13-14H,5,8-12H2,1-3H3/t13?,14-/m1/s1. The maximum atomic E-state index is 5.87. The van der Waals surface area contributed by atoms with Crippen LogP contribution in [0, 0.1) is 23.2 Å². The van der Waals surface area contributed by atoms with Crippen LogP contribution in [-0.4, -0.2) is 26.4 Å². The molecule has 0 aromatic rings. The van der Waals surface area contributed by atoms with Gasteiger partial charge in [-0.3, -0.25) is 0 Å². The molecule has 2 rings (SSSR count). The Morgan fingerprint density at radius 3 is 2.61 bits per heavy atom. The molecule has 0 aromatic carbocycles. The summed E-state index contributed by atoms with van der Waals surface area (Å²) in [5, 5.41) is 0. The lowest BCUT2D eigenvalue weighted by Gasteiger charge is -2.27. The molecule has 2 atom stereocenters. The quantitative estimate of drug-likeness (QED) is 0.509. The van der Waals surface area contributed by atoms with E-state index in [0.717, 1.165) is 19.4 Å². The molecular formula is C16H24O2. The number of hydrogen-bond acceptors (Lipinski definition) is 2. The molecule has 0 bridgehead atoms. The fourth-order valence-corrected chi connectivity index (χ4v) is 2.87. The van der Waals surface area contributed by atoms with Gasteiger partial charge in [0.15, 0.2) is 0 Å².